The number of carbonyl (C=O) groups is 1. The smallest absolute Gasteiger partial charge is 0.234 e. The number of aromatic nitrogens is 1. The summed E-state index contributed by atoms with van der Waals surface area (Å²) < 4.78 is 4.88. The average molecular weight is 257 g/mol. The summed E-state index contributed by atoms with van der Waals surface area (Å²) >= 11 is 1.54. The molecule has 0 radical (unpaired) electrons. The number of ether oxygens (including phenoxy) is 1. The Morgan fingerprint density at radius 2 is 2.35 bits per heavy atom. The highest BCUT2D eigenvalue weighted by Crippen LogP contribution is 2.21. The summed E-state index contributed by atoms with van der Waals surface area (Å²) in [5.74, 6) is -0.0405. The van der Waals surface area contributed by atoms with E-state index in [0.29, 0.717) is 13.2 Å². The van der Waals surface area contributed by atoms with Crippen LogP contribution >= 0.6 is 11.3 Å². The lowest BCUT2D eigenvalue weighted by Crippen LogP contribution is -2.45. The topological polar surface area (TPSA) is 63.2 Å². The lowest BCUT2D eigenvalue weighted by molar-refractivity contribution is -0.121. The Bertz CT molecular complexity index is 338. The van der Waals surface area contributed by atoms with Gasteiger partial charge in [-0.25, -0.2) is 4.98 Å². The van der Waals surface area contributed by atoms with E-state index in [1.165, 1.54) is 11.3 Å². The molecule has 0 bridgehead atoms. The maximum absolute atomic E-state index is 11.7. The first-order valence-electron chi connectivity index (χ1n) is 5.47. The van der Waals surface area contributed by atoms with Crippen LogP contribution in [-0.2, 0) is 15.1 Å². The molecule has 0 spiro atoms. The summed E-state index contributed by atoms with van der Waals surface area (Å²) in [5, 5.41) is 8.75. The van der Waals surface area contributed by atoms with Crippen LogP contribution in [0.15, 0.2) is 11.6 Å². The Morgan fingerprint density at radius 3 is 2.94 bits per heavy atom. The molecule has 96 valence electrons. The van der Waals surface area contributed by atoms with E-state index in [9.17, 15) is 4.79 Å². The fourth-order valence-corrected chi connectivity index (χ4v) is 2.07. The third kappa shape index (κ3) is 4.80. The van der Waals surface area contributed by atoms with Crippen molar-refractivity contribution in [3.8, 4) is 0 Å². The van der Waals surface area contributed by atoms with Gasteiger partial charge in [0.1, 0.15) is 5.01 Å². The number of amides is 1. The van der Waals surface area contributed by atoms with E-state index in [1.807, 2.05) is 19.2 Å². The molecule has 0 aliphatic rings. The predicted molar refractivity (Wildman–Crippen MR) is 68.0 cm³/mol. The van der Waals surface area contributed by atoms with Crippen LogP contribution in [-0.4, -0.2) is 37.7 Å². The number of nitrogens with zero attached hydrogens (tertiary/aromatic N) is 1. The summed E-state index contributed by atoms with van der Waals surface area (Å²) in [6.07, 6.45) is 1.74. The van der Waals surface area contributed by atoms with Crippen LogP contribution in [0.1, 0.15) is 18.9 Å². The summed E-state index contributed by atoms with van der Waals surface area (Å²) in [5.41, 5.74) is -0.422. The molecule has 1 aromatic rings. The second-order valence-electron chi connectivity index (χ2n) is 4.18. The minimum absolute atomic E-state index is 0.0405. The molecule has 5 nitrogen and oxygen atoms in total. The fraction of sp³-hybridized carbons (Fsp3) is 0.636. The van der Waals surface area contributed by atoms with E-state index in [-0.39, 0.29) is 12.5 Å². The van der Waals surface area contributed by atoms with Crippen LogP contribution in [0.2, 0.25) is 0 Å². The Kier molecular flexibility index (Phi) is 5.54. The van der Waals surface area contributed by atoms with Crippen LogP contribution in [0.5, 0.6) is 0 Å². The molecule has 2 N–H and O–H groups in total. The quantitative estimate of drug-likeness (QED) is 0.707. The minimum Gasteiger partial charge on any atom is -0.383 e. The first-order valence-corrected chi connectivity index (χ1v) is 6.35. The number of rotatable bonds is 7. The lowest BCUT2D eigenvalue weighted by atomic mass is 10.1. The monoisotopic (exact) mass is 257 g/mol. The van der Waals surface area contributed by atoms with E-state index in [2.05, 4.69) is 15.6 Å². The highest BCUT2D eigenvalue weighted by molar-refractivity contribution is 7.09. The van der Waals surface area contributed by atoms with E-state index in [1.54, 1.807) is 13.3 Å². The number of carbonyl (C=O) groups excluding carboxylic acids is 1. The molecule has 0 aromatic carbocycles. The van der Waals surface area contributed by atoms with E-state index < -0.39 is 5.54 Å². The van der Waals surface area contributed by atoms with Crippen molar-refractivity contribution in [2.75, 3.05) is 26.8 Å². The van der Waals surface area contributed by atoms with Gasteiger partial charge in [0, 0.05) is 25.2 Å². The van der Waals surface area contributed by atoms with Gasteiger partial charge in [0.25, 0.3) is 0 Å². The van der Waals surface area contributed by atoms with Crippen molar-refractivity contribution in [2.24, 2.45) is 0 Å². The zero-order valence-corrected chi connectivity index (χ0v) is 11.3. The van der Waals surface area contributed by atoms with E-state index in [4.69, 9.17) is 4.74 Å². The molecule has 0 aliphatic carbocycles. The predicted octanol–water partition coefficient (Wildman–Crippen LogP) is 0.730. The van der Waals surface area contributed by atoms with Gasteiger partial charge in [-0.2, -0.15) is 0 Å². The first kappa shape index (κ1) is 14.1. The van der Waals surface area contributed by atoms with Crippen LogP contribution < -0.4 is 10.6 Å². The molecular weight excluding hydrogens is 238 g/mol. The SMILES string of the molecule is COCCNCC(=O)NC(C)(C)c1nccs1. The molecular formula is C11H19N3O2S. The summed E-state index contributed by atoms with van der Waals surface area (Å²) in [6.45, 7) is 5.45. The highest BCUT2D eigenvalue weighted by Gasteiger charge is 2.24. The molecule has 0 unspecified atom stereocenters. The van der Waals surface area contributed by atoms with E-state index in [0.717, 1.165) is 5.01 Å². The summed E-state index contributed by atoms with van der Waals surface area (Å²) in [6, 6.07) is 0. The molecule has 1 rings (SSSR count). The van der Waals surface area contributed by atoms with Crippen LogP contribution in [0.3, 0.4) is 0 Å². The molecule has 1 aromatic heterocycles. The Morgan fingerprint density at radius 1 is 1.59 bits per heavy atom. The molecule has 6 heteroatoms. The number of hydrogen-bond acceptors (Lipinski definition) is 5. The Hall–Kier alpha value is -0.980. The third-order valence-electron chi connectivity index (χ3n) is 2.19. The van der Waals surface area contributed by atoms with Crippen LogP contribution in [0.25, 0.3) is 0 Å². The molecule has 0 atom stereocenters. The summed E-state index contributed by atoms with van der Waals surface area (Å²) in [4.78, 5) is 15.9. The highest BCUT2D eigenvalue weighted by atomic mass is 32.1. The zero-order valence-electron chi connectivity index (χ0n) is 10.4. The molecule has 0 saturated heterocycles. The molecule has 1 heterocycles. The van der Waals surface area contributed by atoms with Crippen LogP contribution in [0, 0.1) is 0 Å². The van der Waals surface area contributed by atoms with Crippen molar-refractivity contribution >= 4 is 17.2 Å². The third-order valence-corrected chi connectivity index (χ3v) is 3.28. The van der Waals surface area contributed by atoms with Gasteiger partial charge in [0.05, 0.1) is 18.7 Å². The number of nitrogens with one attached hydrogen (secondary N) is 2. The van der Waals surface area contributed by atoms with Gasteiger partial charge in [0.2, 0.25) is 5.91 Å². The molecule has 17 heavy (non-hydrogen) atoms. The van der Waals surface area contributed by atoms with Crippen molar-refractivity contribution in [2.45, 2.75) is 19.4 Å². The normalized spacial score (nSPS) is 11.5. The molecule has 0 saturated carbocycles. The largest absolute Gasteiger partial charge is 0.383 e. The van der Waals surface area contributed by atoms with Crippen molar-refractivity contribution in [3.63, 3.8) is 0 Å². The van der Waals surface area contributed by atoms with Crippen molar-refractivity contribution in [3.05, 3.63) is 16.6 Å². The van der Waals surface area contributed by atoms with Gasteiger partial charge >= 0.3 is 0 Å². The number of methoxy groups -OCH3 is 1. The average Bonchev–Trinajstić information content (AvgIpc) is 2.77. The number of thiazole rings is 1. The van der Waals surface area contributed by atoms with Gasteiger partial charge in [-0.15, -0.1) is 11.3 Å². The maximum Gasteiger partial charge on any atom is 0.234 e. The van der Waals surface area contributed by atoms with Crippen LogP contribution in [0.4, 0.5) is 0 Å². The van der Waals surface area contributed by atoms with Gasteiger partial charge in [-0.3, -0.25) is 4.79 Å². The molecule has 0 fully saturated rings. The standard InChI is InChI=1S/C11H19N3O2S/c1-11(2,10-13-5-7-17-10)14-9(15)8-12-4-6-16-3/h5,7,12H,4,6,8H2,1-3H3,(H,14,15). The maximum atomic E-state index is 11.7. The van der Waals surface area contributed by atoms with Gasteiger partial charge in [-0.1, -0.05) is 0 Å². The lowest BCUT2D eigenvalue weighted by Gasteiger charge is -2.23. The molecule has 1 amide bonds. The molecule has 0 aliphatic heterocycles. The van der Waals surface area contributed by atoms with Crippen molar-refractivity contribution < 1.29 is 9.53 Å². The summed E-state index contributed by atoms with van der Waals surface area (Å²) in [7, 11) is 1.63. The first-order chi connectivity index (χ1) is 8.06. The van der Waals surface area contributed by atoms with Gasteiger partial charge < -0.3 is 15.4 Å². The Balaban J connectivity index is 2.35. The van der Waals surface area contributed by atoms with E-state index >= 15 is 0 Å². The fourth-order valence-electron chi connectivity index (χ4n) is 1.35. The second kappa shape index (κ2) is 6.68. The van der Waals surface area contributed by atoms with Gasteiger partial charge in [0.15, 0.2) is 0 Å². The second-order valence-corrected chi connectivity index (χ2v) is 5.07. The van der Waals surface area contributed by atoms with Crippen molar-refractivity contribution in [1.82, 2.24) is 15.6 Å². The zero-order chi connectivity index (χ0) is 12.7. The van der Waals surface area contributed by atoms with Crippen molar-refractivity contribution in [1.29, 1.82) is 0 Å². The van der Waals surface area contributed by atoms with Gasteiger partial charge in [-0.05, 0) is 13.8 Å². The minimum atomic E-state index is -0.422. The Labute approximate surface area is 106 Å². The number of hydrogen-bond donors (Lipinski definition) is 2.